The minimum absolute atomic E-state index is 0.105. The van der Waals surface area contributed by atoms with Crippen molar-refractivity contribution in [2.75, 3.05) is 12.8 Å². The standard InChI is InChI=1S/C21H32N2O6/c1-20(2,3)28-17(24)12-15(23-19(26)29-21(4,5)6)11-13-10-14(22)8-9-16(13)18(25)27-7/h8-10,15H,11-12,22H2,1-7H3,(H,23,26)/t15-/m0/s1. The van der Waals surface area contributed by atoms with Crippen LogP contribution in [0.3, 0.4) is 0 Å². The molecule has 0 saturated carbocycles. The van der Waals surface area contributed by atoms with Gasteiger partial charge < -0.3 is 25.3 Å². The second kappa shape index (κ2) is 9.62. The molecule has 0 saturated heterocycles. The summed E-state index contributed by atoms with van der Waals surface area (Å²) in [5.74, 6) is -1.02. The number of esters is 2. The molecule has 0 spiro atoms. The summed E-state index contributed by atoms with van der Waals surface area (Å²) in [6.45, 7) is 10.5. The number of nitrogens with one attached hydrogen (secondary N) is 1. The van der Waals surface area contributed by atoms with Gasteiger partial charge in [-0.2, -0.15) is 0 Å². The van der Waals surface area contributed by atoms with Crippen LogP contribution in [0.5, 0.6) is 0 Å². The van der Waals surface area contributed by atoms with Crippen LogP contribution in [0.15, 0.2) is 18.2 Å². The third kappa shape index (κ3) is 9.32. The molecule has 162 valence electrons. The number of alkyl carbamates (subject to hydrolysis) is 1. The summed E-state index contributed by atoms with van der Waals surface area (Å²) in [7, 11) is 1.28. The summed E-state index contributed by atoms with van der Waals surface area (Å²) in [6.07, 6.45) is -0.616. The normalized spacial score (nSPS) is 12.7. The Labute approximate surface area is 172 Å². The van der Waals surface area contributed by atoms with E-state index in [1.54, 1.807) is 59.7 Å². The van der Waals surface area contributed by atoms with E-state index in [0.717, 1.165) is 0 Å². The maximum absolute atomic E-state index is 12.3. The molecule has 0 fully saturated rings. The molecule has 3 N–H and O–H groups in total. The van der Waals surface area contributed by atoms with Gasteiger partial charge >= 0.3 is 18.0 Å². The molecule has 0 unspecified atom stereocenters. The summed E-state index contributed by atoms with van der Waals surface area (Å²) >= 11 is 0. The highest BCUT2D eigenvalue weighted by Gasteiger charge is 2.26. The molecular formula is C21H32N2O6. The maximum atomic E-state index is 12.3. The first-order valence-corrected chi connectivity index (χ1v) is 9.38. The van der Waals surface area contributed by atoms with Gasteiger partial charge in [-0.1, -0.05) is 0 Å². The van der Waals surface area contributed by atoms with Gasteiger partial charge in [0.05, 0.1) is 19.1 Å². The van der Waals surface area contributed by atoms with Crippen LogP contribution >= 0.6 is 0 Å². The number of anilines is 1. The molecule has 0 aliphatic heterocycles. The molecule has 29 heavy (non-hydrogen) atoms. The summed E-state index contributed by atoms with van der Waals surface area (Å²) in [5, 5.41) is 2.69. The van der Waals surface area contributed by atoms with Crippen LogP contribution in [0, 0.1) is 0 Å². The molecule has 0 aliphatic carbocycles. The van der Waals surface area contributed by atoms with Crippen molar-refractivity contribution in [2.45, 2.75) is 71.6 Å². The number of methoxy groups -OCH3 is 1. The molecule has 1 aromatic carbocycles. The monoisotopic (exact) mass is 408 g/mol. The molecule has 1 amide bonds. The van der Waals surface area contributed by atoms with E-state index < -0.39 is 35.3 Å². The van der Waals surface area contributed by atoms with Crippen molar-refractivity contribution in [1.29, 1.82) is 0 Å². The first-order chi connectivity index (χ1) is 13.2. The van der Waals surface area contributed by atoms with Gasteiger partial charge in [0.25, 0.3) is 0 Å². The van der Waals surface area contributed by atoms with Crippen molar-refractivity contribution >= 4 is 23.7 Å². The minimum atomic E-state index is -0.700. The highest BCUT2D eigenvalue weighted by Crippen LogP contribution is 2.19. The fraction of sp³-hybridized carbons (Fsp3) is 0.571. The Morgan fingerprint density at radius 2 is 1.62 bits per heavy atom. The molecule has 8 nitrogen and oxygen atoms in total. The molecule has 0 aromatic heterocycles. The molecule has 1 rings (SSSR count). The summed E-state index contributed by atoms with van der Waals surface area (Å²) in [5.41, 5.74) is 5.79. The van der Waals surface area contributed by atoms with Crippen molar-refractivity contribution in [2.24, 2.45) is 0 Å². The lowest BCUT2D eigenvalue weighted by Crippen LogP contribution is -2.42. The number of nitrogen functional groups attached to an aromatic ring is 1. The van der Waals surface area contributed by atoms with Crippen LogP contribution in [0.2, 0.25) is 0 Å². The molecule has 0 aliphatic rings. The molecule has 8 heteroatoms. The van der Waals surface area contributed by atoms with Crippen molar-refractivity contribution in [3.8, 4) is 0 Å². The van der Waals surface area contributed by atoms with E-state index in [0.29, 0.717) is 16.8 Å². The first-order valence-electron chi connectivity index (χ1n) is 9.38. The van der Waals surface area contributed by atoms with Gasteiger partial charge in [-0.25, -0.2) is 9.59 Å². The fourth-order valence-corrected chi connectivity index (χ4v) is 2.59. The van der Waals surface area contributed by atoms with Gasteiger partial charge in [0.15, 0.2) is 0 Å². The van der Waals surface area contributed by atoms with Crippen LogP contribution in [0.1, 0.15) is 63.9 Å². The summed E-state index contributed by atoms with van der Waals surface area (Å²) in [4.78, 5) is 36.7. The average molecular weight is 408 g/mol. The Morgan fingerprint density at radius 3 is 2.14 bits per heavy atom. The lowest BCUT2D eigenvalue weighted by atomic mass is 9.97. The average Bonchev–Trinajstić information content (AvgIpc) is 2.50. The van der Waals surface area contributed by atoms with Crippen molar-refractivity contribution in [3.63, 3.8) is 0 Å². The summed E-state index contributed by atoms with van der Waals surface area (Å²) < 4.78 is 15.5. The number of nitrogens with two attached hydrogens (primary N) is 1. The van der Waals surface area contributed by atoms with E-state index in [1.165, 1.54) is 7.11 Å². The predicted molar refractivity (Wildman–Crippen MR) is 110 cm³/mol. The van der Waals surface area contributed by atoms with Gasteiger partial charge in [0, 0.05) is 11.7 Å². The highest BCUT2D eigenvalue weighted by atomic mass is 16.6. The van der Waals surface area contributed by atoms with E-state index in [-0.39, 0.29) is 12.8 Å². The number of carbonyl (C=O) groups excluding carboxylic acids is 3. The number of amides is 1. The predicted octanol–water partition coefficient (Wildman–Crippen LogP) is 3.22. The van der Waals surface area contributed by atoms with Crippen LogP contribution in [-0.2, 0) is 25.4 Å². The van der Waals surface area contributed by atoms with Crippen LogP contribution in [-0.4, -0.2) is 42.4 Å². The molecular weight excluding hydrogens is 376 g/mol. The highest BCUT2D eigenvalue weighted by molar-refractivity contribution is 5.91. The van der Waals surface area contributed by atoms with Crippen molar-refractivity contribution in [3.05, 3.63) is 29.3 Å². The van der Waals surface area contributed by atoms with E-state index in [1.807, 2.05) is 0 Å². The largest absolute Gasteiger partial charge is 0.465 e. The molecule has 0 radical (unpaired) electrons. The van der Waals surface area contributed by atoms with Crippen molar-refractivity contribution < 1.29 is 28.6 Å². The topological polar surface area (TPSA) is 117 Å². The lowest BCUT2D eigenvalue weighted by Gasteiger charge is -2.25. The first kappa shape index (κ1) is 24.3. The number of ether oxygens (including phenoxy) is 3. The quantitative estimate of drug-likeness (QED) is 0.421. The Kier molecular flexibility index (Phi) is 8.05. The van der Waals surface area contributed by atoms with Gasteiger partial charge in [-0.05, 0) is 71.7 Å². The SMILES string of the molecule is COC(=O)c1ccc(N)cc1C[C@@H](CC(=O)OC(C)(C)C)NC(=O)OC(C)(C)C. The molecule has 1 aromatic rings. The van der Waals surface area contributed by atoms with Crippen LogP contribution < -0.4 is 11.1 Å². The second-order valence-corrected chi connectivity index (χ2v) is 8.75. The van der Waals surface area contributed by atoms with Crippen molar-refractivity contribution in [1.82, 2.24) is 5.32 Å². The van der Waals surface area contributed by atoms with Gasteiger partial charge in [0.2, 0.25) is 0 Å². The molecule has 0 bridgehead atoms. The zero-order valence-corrected chi connectivity index (χ0v) is 18.3. The van der Waals surface area contributed by atoms with Crippen LogP contribution in [0.25, 0.3) is 0 Å². The zero-order chi connectivity index (χ0) is 22.4. The number of benzene rings is 1. The number of rotatable bonds is 6. The third-order valence-electron chi connectivity index (χ3n) is 3.55. The van der Waals surface area contributed by atoms with Gasteiger partial charge in [-0.15, -0.1) is 0 Å². The summed E-state index contributed by atoms with van der Waals surface area (Å²) in [6, 6.07) is 4.07. The Balaban J connectivity index is 3.11. The maximum Gasteiger partial charge on any atom is 0.407 e. The Hall–Kier alpha value is -2.77. The van der Waals surface area contributed by atoms with Crippen LogP contribution in [0.4, 0.5) is 10.5 Å². The van der Waals surface area contributed by atoms with Gasteiger partial charge in [-0.3, -0.25) is 4.79 Å². The van der Waals surface area contributed by atoms with E-state index >= 15 is 0 Å². The number of hydrogen-bond donors (Lipinski definition) is 2. The van der Waals surface area contributed by atoms with E-state index in [2.05, 4.69) is 5.32 Å². The second-order valence-electron chi connectivity index (χ2n) is 8.75. The molecule has 1 atom stereocenters. The number of hydrogen-bond acceptors (Lipinski definition) is 7. The molecule has 0 heterocycles. The zero-order valence-electron chi connectivity index (χ0n) is 18.3. The smallest absolute Gasteiger partial charge is 0.407 e. The van der Waals surface area contributed by atoms with E-state index in [4.69, 9.17) is 19.9 Å². The Bertz CT molecular complexity index is 717. The minimum Gasteiger partial charge on any atom is -0.465 e. The van der Waals surface area contributed by atoms with Gasteiger partial charge in [0.1, 0.15) is 11.2 Å². The fourth-order valence-electron chi connectivity index (χ4n) is 2.59. The van der Waals surface area contributed by atoms with E-state index in [9.17, 15) is 14.4 Å². The lowest BCUT2D eigenvalue weighted by molar-refractivity contribution is -0.155. The number of carbonyl (C=O) groups is 3. The third-order valence-corrected chi connectivity index (χ3v) is 3.55. The Morgan fingerprint density at radius 1 is 1.03 bits per heavy atom.